The molecule has 0 unspecified atom stereocenters. The minimum absolute atomic E-state index is 0.239. The number of benzene rings is 2. The van der Waals surface area contributed by atoms with Crippen LogP contribution in [0.3, 0.4) is 0 Å². The van der Waals surface area contributed by atoms with Gasteiger partial charge < -0.3 is 10.4 Å². The van der Waals surface area contributed by atoms with Crippen LogP contribution in [0.4, 0.5) is 5.69 Å². The van der Waals surface area contributed by atoms with Crippen LogP contribution < -0.4 is 5.32 Å². The highest BCUT2D eigenvalue weighted by Crippen LogP contribution is 2.24. The summed E-state index contributed by atoms with van der Waals surface area (Å²) in [6.07, 6.45) is 0. The van der Waals surface area contributed by atoms with Crippen LogP contribution in [0.5, 0.6) is 5.75 Å². The number of hydrogen-bond acceptors (Lipinski definition) is 3. The van der Waals surface area contributed by atoms with E-state index in [9.17, 15) is 5.11 Å². The summed E-state index contributed by atoms with van der Waals surface area (Å²) in [5, 5.41) is 13.6. The minimum atomic E-state index is 0.239. The van der Waals surface area contributed by atoms with E-state index in [0.29, 0.717) is 0 Å². The van der Waals surface area contributed by atoms with E-state index < -0.39 is 0 Å². The molecule has 0 atom stereocenters. The van der Waals surface area contributed by atoms with Crippen molar-refractivity contribution in [1.82, 2.24) is 4.98 Å². The fourth-order valence-electron chi connectivity index (χ4n) is 2.07. The van der Waals surface area contributed by atoms with Crippen molar-refractivity contribution in [2.24, 2.45) is 0 Å². The first kappa shape index (κ1) is 11.5. The molecule has 2 N–H and O–H groups in total. The summed E-state index contributed by atoms with van der Waals surface area (Å²) >= 11 is 0. The fraction of sp³-hybridized carbons (Fsp3) is 0.0625. The van der Waals surface area contributed by atoms with Gasteiger partial charge in [-0.2, -0.15) is 0 Å². The summed E-state index contributed by atoms with van der Waals surface area (Å²) < 4.78 is 0. The predicted molar refractivity (Wildman–Crippen MR) is 78.4 cm³/mol. The Morgan fingerprint density at radius 3 is 2.42 bits per heavy atom. The average molecular weight is 249 g/mol. The van der Waals surface area contributed by atoms with Crippen molar-refractivity contribution in [3.05, 3.63) is 54.6 Å². The number of hydrogen-bond donors (Lipinski definition) is 2. The third kappa shape index (κ3) is 2.22. The monoisotopic (exact) mass is 249 g/mol. The number of phenols is 1. The molecule has 0 amide bonds. The second kappa shape index (κ2) is 4.61. The van der Waals surface area contributed by atoms with E-state index >= 15 is 0 Å². The molecule has 94 valence electrons. The van der Waals surface area contributed by atoms with E-state index in [4.69, 9.17) is 0 Å². The molecule has 19 heavy (non-hydrogen) atoms. The Kier molecular flexibility index (Phi) is 2.80. The molecule has 0 saturated heterocycles. The van der Waals surface area contributed by atoms with Crippen molar-refractivity contribution in [2.75, 3.05) is 12.4 Å². The molecule has 0 aliphatic rings. The van der Waals surface area contributed by atoms with Crippen molar-refractivity contribution in [3.8, 4) is 17.0 Å². The molecule has 3 heteroatoms. The summed E-state index contributed by atoms with van der Waals surface area (Å²) in [4.78, 5) is 4.58. The molecule has 3 aromatic rings. The maximum atomic E-state index is 9.51. The lowest BCUT2D eigenvalue weighted by atomic mass is 10.1. The number of aromatic hydroxyl groups is 1. The largest absolute Gasteiger partial charge is 0.508 e. The van der Waals surface area contributed by atoms with Gasteiger partial charge in [-0.05, 0) is 30.3 Å². The molecular weight excluding hydrogens is 235 g/mol. The van der Waals surface area contributed by atoms with Gasteiger partial charge in [0, 0.05) is 29.8 Å². The van der Waals surface area contributed by atoms with Gasteiger partial charge in [0.05, 0.1) is 11.2 Å². The minimum Gasteiger partial charge on any atom is -0.508 e. The summed E-state index contributed by atoms with van der Waals surface area (Å²) in [7, 11) is 1.89. The van der Waals surface area contributed by atoms with E-state index in [0.717, 1.165) is 27.8 Å². The molecule has 0 radical (unpaired) electrons. The van der Waals surface area contributed by atoms with Crippen LogP contribution in [0, 0.1) is 0 Å². The molecular formula is C16H14N2O. The second-order valence-electron chi connectivity index (χ2n) is 4.40. The fourth-order valence-corrected chi connectivity index (χ4v) is 2.07. The van der Waals surface area contributed by atoms with Gasteiger partial charge in [-0.15, -0.1) is 0 Å². The Balaban J connectivity index is 2.08. The standard InChI is InChI=1S/C16H14N2O/c1-17-13-6-2-11(3-7-13)15-9-5-12-4-8-14(19)10-16(12)18-15/h2-10,17,19H,1H3/i1-1. The summed E-state index contributed by atoms with van der Waals surface area (Å²) in [6.45, 7) is 0. The van der Waals surface area contributed by atoms with Crippen LogP contribution in [-0.2, 0) is 0 Å². The smallest absolute Gasteiger partial charge is 0.117 e. The molecule has 0 saturated carbocycles. The van der Waals surface area contributed by atoms with Crippen LogP contribution in [0.1, 0.15) is 0 Å². The van der Waals surface area contributed by atoms with Crippen molar-refractivity contribution in [3.63, 3.8) is 0 Å². The number of anilines is 1. The van der Waals surface area contributed by atoms with Crippen LogP contribution >= 0.6 is 0 Å². The highest BCUT2D eigenvalue weighted by Gasteiger charge is 2.02. The molecule has 0 spiro atoms. The lowest BCUT2D eigenvalue weighted by Crippen LogP contribution is -1.88. The topological polar surface area (TPSA) is 45.1 Å². The van der Waals surface area contributed by atoms with E-state index in [1.165, 1.54) is 0 Å². The lowest BCUT2D eigenvalue weighted by Gasteiger charge is -2.05. The highest BCUT2D eigenvalue weighted by atomic mass is 16.3. The number of pyridine rings is 1. The van der Waals surface area contributed by atoms with Crippen LogP contribution in [0.15, 0.2) is 54.6 Å². The Labute approximate surface area is 111 Å². The van der Waals surface area contributed by atoms with Gasteiger partial charge >= 0.3 is 0 Å². The van der Waals surface area contributed by atoms with E-state index in [1.807, 2.05) is 49.5 Å². The molecule has 1 aromatic heterocycles. The molecule has 3 nitrogen and oxygen atoms in total. The zero-order valence-electron chi connectivity index (χ0n) is 10.6. The van der Waals surface area contributed by atoms with Gasteiger partial charge in [-0.3, -0.25) is 0 Å². The van der Waals surface area contributed by atoms with Gasteiger partial charge in [-0.1, -0.05) is 18.2 Å². The second-order valence-corrected chi connectivity index (χ2v) is 4.40. The summed E-state index contributed by atoms with van der Waals surface area (Å²) in [6, 6.07) is 17.3. The average Bonchev–Trinajstić information content (AvgIpc) is 2.46. The first-order valence-corrected chi connectivity index (χ1v) is 6.14. The zero-order valence-corrected chi connectivity index (χ0v) is 10.6. The molecule has 0 aliphatic heterocycles. The van der Waals surface area contributed by atoms with Gasteiger partial charge in [0.25, 0.3) is 0 Å². The summed E-state index contributed by atoms with van der Waals surface area (Å²) in [5.74, 6) is 0.239. The first-order valence-electron chi connectivity index (χ1n) is 6.14. The number of phenolic OH excluding ortho intramolecular Hbond substituents is 1. The highest BCUT2D eigenvalue weighted by molar-refractivity contribution is 5.82. The zero-order chi connectivity index (χ0) is 13.2. The number of aromatic nitrogens is 1. The van der Waals surface area contributed by atoms with Gasteiger partial charge in [0.2, 0.25) is 0 Å². The molecule has 2 aromatic carbocycles. The number of fused-ring (bicyclic) bond motifs is 1. The molecule has 1 heterocycles. The number of nitrogens with one attached hydrogen (secondary N) is 1. The Bertz CT molecular complexity index is 720. The predicted octanol–water partition coefficient (Wildman–Crippen LogP) is 3.65. The van der Waals surface area contributed by atoms with Crippen LogP contribution in [0.2, 0.25) is 0 Å². The van der Waals surface area contributed by atoms with Crippen LogP contribution in [0.25, 0.3) is 22.2 Å². The Hall–Kier alpha value is -2.55. The lowest BCUT2D eigenvalue weighted by molar-refractivity contribution is 0.476. The quantitative estimate of drug-likeness (QED) is 0.728. The maximum absolute atomic E-state index is 9.51. The van der Waals surface area contributed by atoms with Gasteiger partial charge in [0.1, 0.15) is 5.75 Å². The normalized spacial score (nSPS) is 10.6. The van der Waals surface area contributed by atoms with E-state index in [2.05, 4.69) is 10.3 Å². The third-order valence-electron chi connectivity index (χ3n) is 3.15. The van der Waals surface area contributed by atoms with E-state index in [-0.39, 0.29) is 5.75 Å². The van der Waals surface area contributed by atoms with Crippen molar-refractivity contribution < 1.29 is 5.11 Å². The van der Waals surface area contributed by atoms with Crippen molar-refractivity contribution >= 4 is 16.6 Å². The van der Waals surface area contributed by atoms with Gasteiger partial charge in [-0.25, -0.2) is 4.98 Å². The molecule has 0 bridgehead atoms. The van der Waals surface area contributed by atoms with Crippen LogP contribution in [-0.4, -0.2) is 17.1 Å². The molecule has 3 rings (SSSR count). The number of nitrogens with zero attached hydrogens (tertiary/aromatic N) is 1. The molecule has 0 fully saturated rings. The van der Waals surface area contributed by atoms with Crippen molar-refractivity contribution in [1.29, 1.82) is 0 Å². The third-order valence-corrected chi connectivity index (χ3v) is 3.15. The van der Waals surface area contributed by atoms with Gasteiger partial charge in [0.15, 0.2) is 0 Å². The number of rotatable bonds is 2. The Morgan fingerprint density at radius 2 is 1.68 bits per heavy atom. The van der Waals surface area contributed by atoms with Crippen molar-refractivity contribution in [2.45, 2.75) is 0 Å². The molecule has 0 aliphatic carbocycles. The maximum Gasteiger partial charge on any atom is 0.117 e. The van der Waals surface area contributed by atoms with E-state index in [1.54, 1.807) is 12.1 Å². The Morgan fingerprint density at radius 1 is 0.947 bits per heavy atom. The first-order chi connectivity index (χ1) is 9.26. The SMILES string of the molecule is [11CH3]Nc1ccc(-c2ccc3ccc(O)cc3n2)cc1. The summed E-state index contributed by atoms with van der Waals surface area (Å²) in [5.41, 5.74) is 3.84.